The highest BCUT2D eigenvalue weighted by Crippen LogP contribution is 2.31. The first kappa shape index (κ1) is 15.0. The fourth-order valence-electron chi connectivity index (χ4n) is 2.64. The van der Waals surface area contributed by atoms with E-state index in [0.29, 0.717) is 17.9 Å². The second kappa shape index (κ2) is 6.85. The highest BCUT2D eigenvalue weighted by atomic mass is 14.9. The van der Waals surface area contributed by atoms with Crippen LogP contribution in [-0.4, -0.2) is 11.5 Å². The van der Waals surface area contributed by atoms with Crippen molar-refractivity contribution in [3.05, 3.63) is 42.1 Å². The van der Waals surface area contributed by atoms with E-state index in [9.17, 15) is 0 Å². The van der Waals surface area contributed by atoms with Gasteiger partial charge in [0, 0.05) is 17.6 Å². The van der Waals surface area contributed by atoms with Crippen molar-refractivity contribution in [3.63, 3.8) is 0 Å². The Morgan fingerprint density at radius 1 is 1.10 bits per heavy atom. The van der Waals surface area contributed by atoms with E-state index in [0.717, 1.165) is 18.5 Å². The highest BCUT2D eigenvalue weighted by Gasteiger charge is 2.23. The van der Waals surface area contributed by atoms with E-state index >= 15 is 0 Å². The largest absolute Gasteiger partial charge is 0.310 e. The molecule has 0 amide bonds. The van der Waals surface area contributed by atoms with E-state index in [-0.39, 0.29) is 0 Å². The Morgan fingerprint density at radius 3 is 2.55 bits per heavy atom. The third-order valence-electron chi connectivity index (χ3n) is 4.19. The molecule has 108 valence electrons. The zero-order valence-electron chi connectivity index (χ0n) is 13.1. The number of pyridine rings is 1. The van der Waals surface area contributed by atoms with Crippen LogP contribution in [0.4, 0.5) is 0 Å². The molecule has 1 aromatic heterocycles. The van der Waals surface area contributed by atoms with Crippen molar-refractivity contribution in [2.24, 2.45) is 11.8 Å². The van der Waals surface area contributed by atoms with Gasteiger partial charge in [-0.3, -0.25) is 4.98 Å². The Balaban J connectivity index is 2.44. The number of aromatic nitrogens is 1. The van der Waals surface area contributed by atoms with E-state index in [1.165, 1.54) is 10.9 Å². The normalized spacial score (nSPS) is 14.7. The van der Waals surface area contributed by atoms with Crippen LogP contribution in [0.25, 0.3) is 10.9 Å². The van der Waals surface area contributed by atoms with E-state index < -0.39 is 0 Å². The number of rotatable bonds is 6. The quantitative estimate of drug-likeness (QED) is 0.832. The monoisotopic (exact) mass is 270 g/mol. The predicted molar refractivity (Wildman–Crippen MR) is 86.8 cm³/mol. The first-order chi connectivity index (χ1) is 9.65. The summed E-state index contributed by atoms with van der Waals surface area (Å²) in [5.41, 5.74) is 2.47. The standard InChI is InChI=1S/C18H26N2/c1-5-11-19-17(14(4)13(2)3)16-10-6-8-15-9-7-12-20-18(15)16/h6-10,12-14,17,19H,5,11H2,1-4H3. The SMILES string of the molecule is CCCNC(c1cccc2cccnc12)C(C)C(C)C. The molecule has 1 aromatic carbocycles. The summed E-state index contributed by atoms with van der Waals surface area (Å²) in [7, 11) is 0. The molecule has 0 aliphatic carbocycles. The third-order valence-corrected chi connectivity index (χ3v) is 4.19. The van der Waals surface area contributed by atoms with E-state index in [1.807, 2.05) is 12.3 Å². The molecular weight excluding hydrogens is 244 g/mol. The molecule has 0 fully saturated rings. The fourth-order valence-corrected chi connectivity index (χ4v) is 2.64. The van der Waals surface area contributed by atoms with Crippen LogP contribution in [-0.2, 0) is 0 Å². The van der Waals surface area contributed by atoms with Crippen LogP contribution in [0.3, 0.4) is 0 Å². The van der Waals surface area contributed by atoms with Gasteiger partial charge in [-0.15, -0.1) is 0 Å². The van der Waals surface area contributed by atoms with Crippen molar-refractivity contribution >= 4 is 10.9 Å². The Morgan fingerprint density at radius 2 is 1.85 bits per heavy atom. The molecule has 0 saturated heterocycles. The summed E-state index contributed by atoms with van der Waals surface area (Å²) < 4.78 is 0. The maximum atomic E-state index is 4.61. The van der Waals surface area contributed by atoms with Gasteiger partial charge in [0.1, 0.15) is 0 Å². The average Bonchev–Trinajstić information content (AvgIpc) is 2.47. The minimum absolute atomic E-state index is 0.369. The molecule has 0 aliphatic rings. The molecular formula is C18H26N2. The lowest BCUT2D eigenvalue weighted by molar-refractivity contribution is 0.305. The molecule has 0 bridgehead atoms. The van der Waals surface area contributed by atoms with Crippen LogP contribution in [0.2, 0.25) is 0 Å². The van der Waals surface area contributed by atoms with Crippen LogP contribution in [0.1, 0.15) is 45.7 Å². The maximum Gasteiger partial charge on any atom is 0.0749 e. The molecule has 2 unspecified atom stereocenters. The summed E-state index contributed by atoms with van der Waals surface area (Å²) in [4.78, 5) is 4.61. The van der Waals surface area contributed by atoms with Gasteiger partial charge in [0.25, 0.3) is 0 Å². The van der Waals surface area contributed by atoms with Crippen molar-refractivity contribution < 1.29 is 0 Å². The van der Waals surface area contributed by atoms with Gasteiger partial charge in [0.05, 0.1) is 5.52 Å². The number of hydrogen-bond donors (Lipinski definition) is 1. The highest BCUT2D eigenvalue weighted by molar-refractivity contribution is 5.82. The Kier molecular flexibility index (Phi) is 5.13. The lowest BCUT2D eigenvalue weighted by atomic mass is 9.85. The molecule has 2 rings (SSSR count). The fraction of sp³-hybridized carbons (Fsp3) is 0.500. The summed E-state index contributed by atoms with van der Waals surface area (Å²) in [5.74, 6) is 1.22. The molecule has 2 nitrogen and oxygen atoms in total. The first-order valence-corrected chi connectivity index (χ1v) is 7.72. The summed E-state index contributed by atoms with van der Waals surface area (Å²) in [6, 6.07) is 11.0. The van der Waals surface area contributed by atoms with Gasteiger partial charge in [-0.2, -0.15) is 0 Å². The number of benzene rings is 1. The predicted octanol–water partition coefficient (Wildman–Crippen LogP) is 4.57. The minimum atomic E-state index is 0.369. The molecule has 0 spiro atoms. The van der Waals surface area contributed by atoms with Gasteiger partial charge in [0.2, 0.25) is 0 Å². The summed E-state index contributed by atoms with van der Waals surface area (Å²) in [6.07, 6.45) is 3.04. The lowest BCUT2D eigenvalue weighted by Crippen LogP contribution is -2.30. The van der Waals surface area contributed by atoms with Crippen molar-refractivity contribution in [1.29, 1.82) is 0 Å². The maximum absolute atomic E-state index is 4.61. The molecule has 20 heavy (non-hydrogen) atoms. The zero-order chi connectivity index (χ0) is 14.5. The summed E-state index contributed by atoms with van der Waals surface area (Å²) in [5, 5.41) is 4.95. The first-order valence-electron chi connectivity index (χ1n) is 7.72. The number of nitrogens with one attached hydrogen (secondary N) is 1. The van der Waals surface area contributed by atoms with Crippen molar-refractivity contribution in [1.82, 2.24) is 10.3 Å². The summed E-state index contributed by atoms with van der Waals surface area (Å²) >= 11 is 0. The third kappa shape index (κ3) is 3.18. The number of nitrogens with zero attached hydrogens (tertiary/aromatic N) is 1. The van der Waals surface area contributed by atoms with Gasteiger partial charge in [-0.25, -0.2) is 0 Å². The Labute approximate surface area is 122 Å². The smallest absolute Gasteiger partial charge is 0.0749 e. The van der Waals surface area contributed by atoms with Crippen LogP contribution < -0.4 is 5.32 Å². The molecule has 0 saturated carbocycles. The molecule has 2 atom stereocenters. The van der Waals surface area contributed by atoms with Crippen LogP contribution in [0.15, 0.2) is 36.5 Å². The van der Waals surface area contributed by atoms with E-state index in [4.69, 9.17) is 0 Å². The van der Waals surface area contributed by atoms with Crippen LogP contribution in [0.5, 0.6) is 0 Å². The van der Waals surface area contributed by atoms with Crippen molar-refractivity contribution in [2.45, 2.75) is 40.2 Å². The summed E-state index contributed by atoms with van der Waals surface area (Å²) in [6.45, 7) is 10.2. The van der Waals surface area contributed by atoms with Crippen LogP contribution in [0, 0.1) is 11.8 Å². The van der Waals surface area contributed by atoms with Crippen molar-refractivity contribution in [3.8, 4) is 0 Å². The van der Waals surface area contributed by atoms with Gasteiger partial charge >= 0.3 is 0 Å². The number of para-hydroxylation sites is 1. The van der Waals surface area contributed by atoms with E-state index in [1.54, 1.807) is 0 Å². The molecule has 1 N–H and O–H groups in total. The van der Waals surface area contributed by atoms with Crippen LogP contribution >= 0.6 is 0 Å². The zero-order valence-corrected chi connectivity index (χ0v) is 13.1. The molecule has 2 aromatic rings. The second-order valence-electron chi connectivity index (χ2n) is 5.96. The molecule has 0 aliphatic heterocycles. The van der Waals surface area contributed by atoms with Gasteiger partial charge < -0.3 is 5.32 Å². The average molecular weight is 270 g/mol. The molecule has 2 heteroatoms. The molecule has 0 radical (unpaired) electrons. The number of fused-ring (bicyclic) bond motifs is 1. The van der Waals surface area contributed by atoms with Gasteiger partial charge in [-0.1, -0.05) is 52.0 Å². The Bertz CT molecular complexity index is 543. The second-order valence-corrected chi connectivity index (χ2v) is 5.96. The van der Waals surface area contributed by atoms with Crippen molar-refractivity contribution in [2.75, 3.05) is 6.54 Å². The number of hydrogen-bond acceptors (Lipinski definition) is 2. The Hall–Kier alpha value is -1.41. The topological polar surface area (TPSA) is 24.9 Å². The minimum Gasteiger partial charge on any atom is -0.310 e. The molecule has 1 heterocycles. The van der Waals surface area contributed by atoms with E-state index in [2.05, 4.69) is 62.3 Å². The lowest BCUT2D eigenvalue weighted by Gasteiger charge is -2.29. The van der Waals surface area contributed by atoms with Gasteiger partial charge in [0.15, 0.2) is 0 Å². The van der Waals surface area contributed by atoms with Gasteiger partial charge in [-0.05, 0) is 36.4 Å².